The van der Waals surface area contributed by atoms with E-state index in [4.69, 9.17) is 5.41 Å². The lowest BCUT2D eigenvalue weighted by atomic mass is 10.1. The van der Waals surface area contributed by atoms with E-state index >= 15 is 0 Å². The lowest BCUT2D eigenvalue weighted by molar-refractivity contribution is 0.668. The molecule has 3 rings (SSSR count). The molecule has 1 aliphatic heterocycles. The van der Waals surface area contributed by atoms with E-state index in [2.05, 4.69) is 70.7 Å². The van der Waals surface area contributed by atoms with Gasteiger partial charge >= 0.3 is 0 Å². The number of aryl methyl sites for hydroxylation is 1. The second-order valence-electron chi connectivity index (χ2n) is 6.13. The van der Waals surface area contributed by atoms with Crippen LogP contribution in [0.3, 0.4) is 0 Å². The topological polar surface area (TPSA) is 42.4 Å². The molecule has 4 nitrogen and oxygen atoms in total. The third-order valence-corrected chi connectivity index (χ3v) is 5.37. The fraction of sp³-hybridized carbons (Fsp3) is 0.458. The maximum absolute atomic E-state index is 8.88. The number of anilines is 2. The predicted octanol–water partition coefficient (Wildman–Crippen LogP) is 6.85. The Morgan fingerprint density at radius 1 is 1.03 bits per heavy atom. The van der Waals surface area contributed by atoms with Gasteiger partial charge in [0.2, 0.25) is 0 Å². The molecule has 29 heavy (non-hydrogen) atoms. The Morgan fingerprint density at radius 2 is 1.72 bits per heavy atom. The van der Waals surface area contributed by atoms with Crippen LogP contribution < -0.4 is 15.1 Å². The van der Waals surface area contributed by atoms with Crippen molar-refractivity contribution in [3.05, 3.63) is 59.2 Å². The van der Waals surface area contributed by atoms with E-state index < -0.39 is 0 Å². The number of hydrogen-bond donors (Lipinski definition) is 2. The van der Waals surface area contributed by atoms with Gasteiger partial charge in [0, 0.05) is 18.9 Å². The van der Waals surface area contributed by atoms with Crippen molar-refractivity contribution < 1.29 is 0 Å². The van der Waals surface area contributed by atoms with Crippen molar-refractivity contribution in [3.8, 4) is 0 Å². The molecule has 1 aromatic heterocycles. The highest BCUT2D eigenvalue weighted by molar-refractivity contribution is 7.14. The monoisotopic (exact) mass is 414 g/mol. The SMILES string of the molecule is CC.CC.CCCc1ccccc1N1C(=N)/C(=C\NC)N(c2cccs2)C1CC. The van der Waals surface area contributed by atoms with Crippen LogP contribution in [0.5, 0.6) is 0 Å². The zero-order valence-corrected chi connectivity index (χ0v) is 19.9. The molecule has 0 spiro atoms. The molecule has 1 fully saturated rings. The fourth-order valence-electron chi connectivity index (χ4n) is 3.48. The molecular weight excluding hydrogens is 376 g/mol. The zero-order valence-electron chi connectivity index (χ0n) is 19.1. The third-order valence-electron chi connectivity index (χ3n) is 4.50. The van der Waals surface area contributed by atoms with E-state index in [1.807, 2.05) is 40.9 Å². The van der Waals surface area contributed by atoms with Crippen LogP contribution in [0.4, 0.5) is 10.7 Å². The smallest absolute Gasteiger partial charge is 0.152 e. The maximum Gasteiger partial charge on any atom is 0.152 e. The van der Waals surface area contributed by atoms with E-state index in [9.17, 15) is 0 Å². The first-order valence-corrected chi connectivity index (χ1v) is 11.8. The minimum absolute atomic E-state index is 0.115. The molecule has 0 radical (unpaired) electrons. The van der Waals surface area contributed by atoms with Crippen LogP contribution in [0.2, 0.25) is 0 Å². The van der Waals surface area contributed by atoms with Gasteiger partial charge in [-0.05, 0) is 42.0 Å². The summed E-state index contributed by atoms with van der Waals surface area (Å²) in [5, 5.41) is 15.3. The highest BCUT2D eigenvalue weighted by Gasteiger charge is 2.40. The van der Waals surface area contributed by atoms with E-state index in [-0.39, 0.29) is 6.17 Å². The Labute approximate surface area is 181 Å². The normalized spacial score (nSPS) is 16.9. The molecule has 1 atom stereocenters. The maximum atomic E-state index is 8.88. The van der Waals surface area contributed by atoms with E-state index in [1.54, 1.807) is 11.3 Å². The molecule has 1 aliphatic rings. The Morgan fingerprint density at radius 3 is 2.28 bits per heavy atom. The molecule has 5 heteroatoms. The van der Waals surface area contributed by atoms with Crippen LogP contribution >= 0.6 is 11.3 Å². The van der Waals surface area contributed by atoms with Crippen LogP contribution in [0.25, 0.3) is 0 Å². The minimum atomic E-state index is 0.115. The van der Waals surface area contributed by atoms with Gasteiger partial charge in [-0.1, -0.05) is 66.2 Å². The average molecular weight is 415 g/mol. The molecule has 0 bridgehead atoms. The lowest BCUT2D eigenvalue weighted by Crippen LogP contribution is -2.39. The van der Waals surface area contributed by atoms with Crippen molar-refractivity contribution in [1.29, 1.82) is 5.41 Å². The highest BCUT2D eigenvalue weighted by Crippen LogP contribution is 2.39. The summed E-state index contributed by atoms with van der Waals surface area (Å²) in [7, 11) is 1.89. The second-order valence-corrected chi connectivity index (χ2v) is 7.05. The average Bonchev–Trinajstić information content (AvgIpc) is 3.39. The summed E-state index contributed by atoms with van der Waals surface area (Å²) in [6.45, 7) is 12.4. The molecule has 0 amide bonds. The summed E-state index contributed by atoms with van der Waals surface area (Å²) in [5.41, 5.74) is 3.38. The van der Waals surface area contributed by atoms with Crippen LogP contribution in [0, 0.1) is 5.41 Å². The predicted molar refractivity (Wildman–Crippen MR) is 131 cm³/mol. The quantitative estimate of drug-likeness (QED) is 0.543. The van der Waals surface area contributed by atoms with Crippen molar-refractivity contribution in [2.24, 2.45) is 0 Å². The summed E-state index contributed by atoms with van der Waals surface area (Å²) in [5.74, 6) is 0.554. The molecule has 1 unspecified atom stereocenters. The summed E-state index contributed by atoms with van der Waals surface area (Å²) in [6.07, 6.45) is 5.11. The molecule has 160 valence electrons. The molecule has 2 aromatic rings. The van der Waals surface area contributed by atoms with Crippen molar-refractivity contribution in [1.82, 2.24) is 5.32 Å². The second kappa shape index (κ2) is 13.0. The van der Waals surface area contributed by atoms with Gasteiger partial charge in [-0.25, -0.2) is 0 Å². The van der Waals surface area contributed by atoms with Crippen LogP contribution in [0.1, 0.15) is 59.9 Å². The Kier molecular flexibility index (Phi) is 11.1. The number of nitrogens with one attached hydrogen (secondary N) is 2. The standard InChI is InChI=1S/C20H26N4S.2C2H6/c1-4-9-15-10-6-7-11-16(15)24-18(5-2)23(19-12-8-13-25-19)17(14-22-3)20(24)21;2*1-2/h6-8,10-14,18,21-22H,4-5,9H2,1-3H3;2*1-2H3/b17-14+,21-20?;;. The number of benzene rings is 1. The summed E-state index contributed by atoms with van der Waals surface area (Å²) < 4.78 is 0. The minimum Gasteiger partial charge on any atom is -0.392 e. The van der Waals surface area contributed by atoms with Crippen molar-refractivity contribution in [3.63, 3.8) is 0 Å². The fourth-order valence-corrected chi connectivity index (χ4v) is 4.27. The first kappa shape index (κ1) is 24.8. The number of rotatable bonds is 6. The summed E-state index contributed by atoms with van der Waals surface area (Å²) >= 11 is 1.72. The number of hydrogen-bond acceptors (Lipinski definition) is 4. The van der Waals surface area contributed by atoms with Crippen LogP contribution in [-0.4, -0.2) is 19.0 Å². The van der Waals surface area contributed by atoms with Gasteiger partial charge in [-0.3, -0.25) is 5.41 Å². The van der Waals surface area contributed by atoms with Gasteiger partial charge in [-0.15, -0.1) is 11.3 Å². The van der Waals surface area contributed by atoms with Gasteiger partial charge in [-0.2, -0.15) is 0 Å². The van der Waals surface area contributed by atoms with Gasteiger partial charge in [0.1, 0.15) is 11.9 Å². The highest BCUT2D eigenvalue weighted by atomic mass is 32.1. The van der Waals surface area contributed by atoms with Crippen LogP contribution in [-0.2, 0) is 6.42 Å². The van der Waals surface area contributed by atoms with Gasteiger partial charge < -0.3 is 15.1 Å². The van der Waals surface area contributed by atoms with Crippen molar-refractivity contribution >= 4 is 27.9 Å². The number of para-hydroxylation sites is 1. The number of amidine groups is 1. The van der Waals surface area contributed by atoms with Gasteiger partial charge in [0.05, 0.1) is 5.00 Å². The van der Waals surface area contributed by atoms with Gasteiger partial charge in [0.15, 0.2) is 5.84 Å². The molecule has 1 aromatic carbocycles. The number of nitrogens with zero attached hydrogens (tertiary/aromatic N) is 2. The molecule has 0 aliphatic carbocycles. The Bertz CT molecular complexity index is 752. The summed E-state index contributed by atoms with van der Waals surface area (Å²) in [6, 6.07) is 12.7. The Balaban J connectivity index is 0.000000989. The molecular formula is C24H38N4S. The summed E-state index contributed by atoms with van der Waals surface area (Å²) in [4.78, 5) is 4.47. The van der Waals surface area contributed by atoms with Crippen molar-refractivity contribution in [2.75, 3.05) is 16.8 Å². The van der Waals surface area contributed by atoms with E-state index in [0.29, 0.717) is 5.84 Å². The number of thiophene rings is 1. The van der Waals surface area contributed by atoms with E-state index in [0.717, 1.165) is 30.6 Å². The van der Waals surface area contributed by atoms with Crippen LogP contribution in [0.15, 0.2) is 53.7 Å². The molecule has 0 saturated carbocycles. The van der Waals surface area contributed by atoms with Crippen molar-refractivity contribution in [2.45, 2.75) is 67.0 Å². The third kappa shape index (κ3) is 5.41. The largest absolute Gasteiger partial charge is 0.392 e. The lowest BCUT2D eigenvalue weighted by Gasteiger charge is -2.31. The first-order valence-electron chi connectivity index (χ1n) is 10.9. The Hall–Kier alpha value is -2.27. The van der Waals surface area contributed by atoms with E-state index in [1.165, 1.54) is 10.6 Å². The zero-order chi connectivity index (χ0) is 21.8. The molecule has 2 N–H and O–H groups in total. The molecule has 1 saturated heterocycles. The van der Waals surface area contributed by atoms with Gasteiger partial charge in [0.25, 0.3) is 0 Å². The molecule has 2 heterocycles. The first-order chi connectivity index (χ1) is 14.2.